The summed E-state index contributed by atoms with van der Waals surface area (Å²) in [5, 5.41) is 7.64. The fourth-order valence-electron chi connectivity index (χ4n) is 4.52. The Kier molecular flexibility index (Phi) is 11.0. The highest BCUT2D eigenvalue weighted by Gasteiger charge is 2.31. The molecule has 0 saturated carbocycles. The van der Waals surface area contributed by atoms with Crippen LogP contribution in [-0.2, 0) is 15.8 Å². The zero-order valence-corrected chi connectivity index (χ0v) is 26.6. The minimum atomic E-state index is -4.55. The normalized spacial score (nSPS) is 12.1. The number of benzene rings is 5. The molecule has 5 rings (SSSR count). The smallest absolute Gasteiger partial charge is 0.325 e. The number of carbonyl (C=O) groups excluding carboxylic acids is 3. The lowest BCUT2D eigenvalue weighted by Crippen LogP contribution is -2.30. The van der Waals surface area contributed by atoms with E-state index in [0.29, 0.717) is 32.3 Å². The fraction of sp³-hybridized carbons (Fsp3) is 0.0541. The van der Waals surface area contributed by atoms with Crippen molar-refractivity contribution in [1.82, 2.24) is 5.32 Å². The number of thioether (sulfide) groups is 1. The van der Waals surface area contributed by atoms with Crippen LogP contribution < -0.4 is 16.0 Å². The van der Waals surface area contributed by atoms with Gasteiger partial charge in [-0.2, -0.15) is 13.2 Å². The molecule has 0 aliphatic rings. The van der Waals surface area contributed by atoms with Gasteiger partial charge in [0.25, 0.3) is 11.8 Å². The second-order valence-electron chi connectivity index (χ2n) is 10.4. The molecule has 0 aliphatic carbocycles. The Labute approximate surface area is 284 Å². The van der Waals surface area contributed by atoms with Gasteiger partial charge >= 0.3 is 6.18 Å². The average Bonchev–Trinajstić information content (AvgIpc) is 3.09. The van der Waals surface area contributed by atoms with Gasteiger partial charge in [0.1, 0.15) is 10.9 Å². The minimum absolute atomic E-state index is 0.0226. The third-order valence-electron chi connectivity index (χ3n) is 6.90. The van der Waals surface area contributed by atoms with Gasteiger partial charge in [0.05, 0.1) is 5.56 Å². The fourth-order valence-corrected chi connectivity index (χ4v) is 5.74. The van der Waals surface area contributed by atoms with Crippen molar-refractivity contribution < 1.29 is 27.6 Å². The number of alkyl halides is 3. The van der Waals surface area contributed by atoms with Gasteiger partial charge in [0.2, 0.25) is 5.91 Å². The van der Waals surface area contributed by atoms with Crippen LogP contribution in [0, 0.1) is 0 Å². The number of hydrogen-bond acceptors (Lipinski definition) is 4. The van der Waals surface area contributed by atoms with Crippen LogP contribution >= 0.6 is 23.4 Å². The zero-order valence-electron chi connectivity index (χ0n) is 25.0. The molecule has 0 heterocycles. The summed E-state index contributed by atoms with van der Waals surface area (Å²) in [5.74, 6) is -1.58. The van der Waals surface area contributed by atoms with Crippen molar-refractivity contribution in [1.29, 1.82) is 0 Å². The maximum Gasteiger partial charge on any atom is 0.416 e. The van der Waals surface area contributed by atoms with E-state index in [2.05, 4.69) is 16.0 Å². The Morgan fingerprint density at radius 1 is 0.708 bits per heavy atom. The van der Waals surface area contributed by atoms with Crippen LogP contribution in [0.2, 0.25) is 5.02 Å². The molecule has 0 fully saturated rings. The minimum Gasteiger partial charge on any atom is -0.325 e. The maximum atomic E-state index is 13.4. The molecule has 6 nitrogen and oxygen atoms in total. The first-order chi connectivity index (χ1) is 23.1. The molecular weight excluding hydrogens is 659 g/mol. The van der Waals surface area contributed by atoms with Gasteiger partial charge in [-0.3, -0.25) is 14.4 Å². The highest BCUT2D eigenvalue weighted by Crippen LogP contribution is 2.37. The van der Waals surface area contributed by atoms with E-state index in [-0.39, 0.29) is 11.4 Å². The molecule has 0 spiro atoms. The Balaban J connectivity index is 1.33. The molecule has 1 atom stereocenters. The number of nitrogens with one attached hydrogen (secondary N) is 3. The van der Waals surface area contributed by atoms with Crippen molar-refractivity contribution >= 4 is 58.5 Å². The quantitative estimate of drug-likeness (QED) is 0.101. The molecule has 3 amide bonds. The second-order valence-corrected chi connectivity index (χ2v) is 11.9. The predicted molar refractivity (Wildman–Crippen MR) is 184 cm³/mol. The van der Waals surface area contributed by atoms with Gasteiger partial charge in [-0.1, -0.05) is 84.4 Å². The van der Waals surface area contributed by atoms with Gasteiger partial charge < -0.3 is 16.0 Å². The molecule has 0 aliphatic heterocycles. The lowest BCUT2D eigenvalue weighted by atomic mass is 10.1. The largest absolute Gasteiger partial charge is 0.416 e. The Hall–Kier alpha value is -5.32. The Morgan fingerprint density at radius 2 is 1.35 bits per heavy atom. The molecule has 5 aromatic rings. The van der Waals surface area contributed by atoms with Crippen molar-refractivity contribution in [3.8, 4) is 0 Å². The molecule has 0 saturated heterocycles. The molecule has 1 unspecified atom stereocenters. The first kappa shape index (κ1) is 34.0. The molecule has 5 aromatic carbocycles. The van der Waals surface area contributed by atoms with E-state index in [1.54, 1.807) is 109 Å². The van der Waals surface area contributed by atoms with Gasteiger partial charge in [-0.05, 0) is 77.9 Å². The van der Waals surface area contributed by atoms with Crippen LogP contribution in [0.3, 0.4) is 0 Å². The second kappa shape index (κ2) is 15.5. The van der Waals surface area contributed by atoms with Gasteiger partial charge in [0, 0.05) is 26.9 Å². The first-order valence-electron chi connectivity index (χ1n) is 14.5. The molecule has 3 N–H and O–H groups in total. The standard InChI is InChI=1S/C37H27ClF3N3O3S/c38-31-17-8-7-14-26(31)22-32(44-34(45)25-12-5-2-6-13-25)35(46)42-28-18-20-30(21-19-28)48-33(24-10-3-1-4-11-24)36(47)43-29-16-9-15-27(23-29)37(39,40)41/h1-23,33H,(H,42,46)(H,43,47)(H,44,45)/b32-22-. The summed E-state index contributed by atoms with van der Waals surface area (Å²) in [7, 11) is 0. The predicted octanol–water partition coefficient (Wildman–Crippen LogP) is 9.24. The third kappa shape index (κ3) is 9.15. The van der Waals surface area contributed by atoms with E-state index in [4.69, 9.17) is 11.6 Å². The number of anilines is 2. The maximum absolute atomic E-state index is 13.4. The van der Waals surface area contributed by atoms with E-state index in [9.17, 15) is 27.6 Å². The first-order valence-corrected chi connectivity index (χ1v) is 15.8. The Bertz CT molecular complexity index is 1940. The topological polar surface area (TPSA) is 87.3 Å². The van der Waals surface area contributed by atoms with Crippen molar-refractivity contribution in [3.63, 3.8) is 0 Å². The molecule has 242 valence electrons. The number of halogens is 4. The van der Waals surface area contributed by atoms with Crippen LogP contribution in [0.25, 0.3) is 6.08 Å². The van der Waals surface area contributed by atoms with Gasteiger partial charge in [-0.25, -0.2) is 0 Å². The molecule has 11 heteroatoms. The van der Waals surface area contributed by atoms with Crippen molar-refractivity contribution in [2.24, 2.45) is 0 Å². The van der Waals surface area contributed by atoms with Crippen LogP contribution in [-0.4, -0.2) is 17.7 Å². The van der Waals surface area contributed by atoms with E-state index in [0.717, 1.165) is 12.1 Å². The molecular formula is C37H27ClF3N3O3S. The van der Waals surface area contributed by atoms with Crippen LogP contribution in [0.4, 0.5) is 24.5 Å². The van der Waals surface area contributed by atoms with Crippen molar-refractivity contribution in [3.05, 3.63) is 166 Å². The summed E-state index contributed by atoms with van der Waals surface area (Å²) in [5.41, 5.74) is 1.06. The van der Waals surface area contributed by atoms with Crippen LogP contribution in [0.5, 0.6) is 0 Å². The van der Waals surface area contributed by atoms with Gasteiger partial charge in [0.15, 0.2) is 0 Å². The SMILES string of the molecule is O=C(Nc1ccc(SC(C(=O)Nc2cccc(C(F)(F)F)c2)c2ccccc2)cc1)/C(=C/c1ccccc1Cl)NC(=O)c1ccccc1. The highest BCUT2D eigenvalue weighted by molar-refractivity contribution is 8.00. The zero-order chi connectivity index (χ0) is 34.1. The summed E-state index contributed by atoms with van der Waals surface area (Å²) in [6.45, 7) is 0. The summed E-state index contributed by atoms with van der Waals surface area (Å²) in [6.07, 6.45) is -3.07. The lowest BCUT2D eigenvalue weighted by Gasteiger charge is -2.18. The Morgan fingerprint density at radius 3 is 2.02 bits per heavy atom. The molecule has 0 aromatic heterocycles. The van der Waals surface area contributed by atoms with Crippen LogP contribution in [0.15, 0.2) is 144 Å². The average molecular weight is 686 g/mol. The summed E-state index contributed by atoms with van der Waals surface area (Å²) in [6, 6.07) is 35.3. The lowest BCUT2D eigenvalue weighted by molar-refractivity contribution is -0.137. The highest BCUT2D eigenvalue weighted by atomic mass is 35.5. The van der Waals surface area contributed by atoms with Crippen molar-refractivity contribution in [2.75, 3.05) is 10.6 Å². The van der Waals surface area contributed by atoms with E-state index in [1.165, 1.54) is 30.0 Å². The van der Waals surface area contributed by atoms with E-state index < -0.39 is 34.7 Å². The number of amides is 3. The van der Waals surface area contributed by atoms with Crippen LogP contribution in [0.1, 0.15) is 32.3 Å². The van der Waals surface area contributed by atoms with Gasteiger partial charge in [-0.15, -0.1) is 11.8 Å². The monoisotopic (exact) mass is 685 g/mol. The summed E-state index contributed by atoms with van der Waals surface area (Å²) >= 11 is 7.51. The summed E-state index contributed by atoms with van der Waals surface area (Å²) < 4.78 is 39.7. The van der Waals surface area contributed by atoms with E-state index >= 15 is 0 Å². The molecule has 0 radical (unpaired) electrons. The molecule has 0 bridgehead atoms. The number of carbonyl (C=O) groups is 3. The van der Waals surface area contributed by atoms with E-state index in [1.807, 2.05) is 0 Å². The third-order valence-corrected chi connectivity index (χ3v) is 8.51. The number of rotatable bonds is 10. The summed E-state index contributed by atoms with van der Waals surface area (Å²) in [4.78, 5) is 40.4. The van der Waals surface area contributed by atoms with Crippen molar-refractivity contribution in [2.45, 2.75) is 16.3 Å². The number of hydrogen-bond donors (Lipinski definition) is 3. The molecule has 48 heavy (non-hydrogen) atoms.